The topological polar surface area (TPSA) is 80.9 Å². The molecule has 4 aromatic heterocycles. The second-order valence-corrected chi connectivity index (χ2v) is 6.35. The molecule has 128 valence electrons. The molecule has 0 radical (unpaired) electrons. The molecule has 26 heavy (non-hydrogen) atoms. The van der Waals surface area contributed by atoms with Gasteiger partial charge in [-0.25, -0.2) is 4.98 Å². The molecule has 0 aliphatic heterocycles. The predicted molar refractivity (Wildman–Crippen MR) is 99.3 cm³/mol. The van der Waals surface area contributed by atoms with Crippen molar-refractivity contribution in [3.05, 3.63) is 70.7 Å². The third-order valence-electron chi connectivity index (χ3n) is 4.71. The summed E-state index contributed by atoms with van der Waals surface area (Å²) < 4.78 is 3.34. The Morgan fingerprint density at radius 3 is 2.96 bits per heavy atom. The van der Waals surface area contributed by atoms with Gasteiger partial charge in [0, 0.05) is 36.0 Å². The first-order valence-electron chi connectivity index (χ1n) is 8.47. The Morgan fingerprint density at radius 2 is 2.04 bits per heavy atom. The summed E-state index contributed by atoms with van der Waals surface area (Å²) in [5.41, 5.74) is 2.98. The summed E-state index contributed by atoms with van der Waals surface area (Å²) in [6, 6.07) is 10.1. The van der Waals surface area contributed by atoms with E-state index in [2.05, 4.69) is 32.2 Å². The van der Waals surface area contributed by atoms with Crippen LogP contribution in [0.1, 0.15) is 11.4 Å². The second kappa shape index (κ2) is 5.52. The van der Waals surface area contributed by atoms with Gasteiger partial charge in [-0.2, -0.15) is 9.50 Å². The van der Waals surface area contributed by atoms with Gasteiger partial charge in [0.15, 0.2) is 0 Å². The van der Waals surface area contributed by atoms with Crippen molar-refractivity contribution in [1.29, 1.82) is 0 Å². The predicted octanol–water partition coefficient (Wildman–Crippen LogP) is 2.47. The van der Waals surface area contributed by atoms with Gasteiger partial charge in [-0.15, -0.1) is 5.10 Å². The molecule has 0 unspecified atom stereocenters. The van der Waals surface area contributed by atoms with Gasteiger partial charge in [0.25, 0.3) is 11.3 Å². The monoisotopic (exact) mass is 344 g/mol. The number of para-hydroxylation sites is 1. The number of nitrogens with zero attached hydrogens (tertiary/aromatic N) is 5. The number of pyridine rings is 1. The molecule has 5 rings (SSSR count). The summed E-state index contributed by atoms with van der Waals surface area (Å²) in [6.45, 7) is 2.41. The van der Waals surface area contributed by atoms with E-state index in [1.807, 2.05) is 37.5 Å². The molecule has 5 aromatic rings. The van der Waals surface area contributed by atoms with Crippen molar-refractivity contribution in [3.8, 4) is 0 Å². The SMILES string of the molecule is Cc1nc2ncc3c(=O)n(CCc4c[nH]c5ccccc45)ccc3n2n1. The van der Waals surface area contributed by atoms with E-state index in [1.165, 1.54) is 10.9 Å². The van der Waals surface area contributed by atoms with Crippen molar-refractivity contribution in [2.24, 2.45) is 0 Å². The number of aromatic nitrogens is 6. The maximum atomic E-state index is 12.9. The summed E-state index contributed by atoms with van der Waals surface area (Å²) in [7, 11) is 0. The van der Waals surface area contributed by atoms with Crippen molar-refractivity contribution in [2.45, 2.75) is 19.9 Å². The molecule has 0 fully saturated rings. The minimum absolute atomic E-state index is 0.0649. The maximum Gasteiger partial charge on any atom is 0.261 e. The molecule has 0 saturated heterocycles. The Bertz CT molecular complexity index is 1330. The average Bonchev–Trinajstić information content (AvgIpc) is 3.24. The second-order valence-electron chi connectivity index (χ2n) is 6.35. The van der Waals surface area contributed by atoms with Gasteiger partial charge in [0.1, 0.15) is 5.82 Å². The maximum absolute atomic E-state index is 12.9. The van der Waals surface area contributed by atoms with E-state index >= 15 is 0 Å². The number of nitrogens with one attached hydrogen (secondary N) is 1. The highest BCUT2D eigenvalue weighted by Crippen LogP contribution is 2.18. The first kappa shape index (κ1) is 14.8. The van der Waals surface area contributed by atoms with E-state index < -0.39 is 0 Å². The molecule has 7 nitrogen and oxygen atoms in total. The number of hydrogen-bond donors (Lipinski definition) is 1. The lowest BCUT2D eigenvalue weighted by atomic mass is 10.1. The lowest BCUT2D eigenvalue weighted by molar-refractivity contribution is 0.676. The van der Waals surface area contributed by atoms with Crippen LogP contribution < -0.4 is 5.56 Å². The van der Waals surface area contributed by atoms with Crippen molar-refractivity contribution < 1.29 is 0 Å². The molecule has 7 heteroatoms. The molecule has 4 heterocycles. The Hall–Kier alpha value is -3.48. The number of hydrogen-bond acceptors (Lipinski definition) is 4. The van der Waals surface area contributed by atoms with Crippen LogP contribution in [0.25, 0.3) is 27.6 Å². The van der Waals surface area contributed by atoms with Crippen LogP contribution in [0.2, 0.25) is 0 Å². The van der Waals surface area contributed by atoms with Crippen LogP contribution in [0.3, 0.4) is 0 Å². The van der Waals surface area contributed by atoms with Crippen LogP contribution >= 0.6 is 0 Å². The van der Waals surface area contributed by atoms with Crippen molar-refractivity contribution in [2.75, 3.05) is 0 Å². The highest BCUT2D eigenvalue weighted by molar-refractivity contribution is 5.83. The number of rotatable bonds is 3. The highest BCUT2D eigenvalue weighted by atomic mass is 16.1. The van der Waals surface area contributed by atoms with E-state index in [4.69, 9.17) is 0 Å². The van der Waals surface area contributed by atoms with Crippen molar-refractivity contribution in [1.82, 2.24) is 29.1 Å². The summed E-state index contributed by atoms with van der Waals surface area (Å²) in [5.74, 6) is 1.14. The number of fused-ring (bicyclic) bond motifs is 4. The first-order valence-corrected chi connectivity index (χ1v) is 8.47. The fourth-order valence-corrected chi connectivity index (χ4v) is 3.42. The molecule has 0 aliphatic carbocycles. The zero-order valence-electron chi connectivity index (χ0n) is 14.2. The Labute approximate surface area is 147 Å². The fourth-order valence-electron chi connectivity index (χ4n) is 3.42. The molecule has 0 bridgehead atoms. The lowest BCUT2D eigenvalue weighted by Gasteiger charge is -2.07. The molecule has 0 aliphatic rings. The number of aromatic amines is 1. The number of aryl methyl sites for hydroxylation is 3. The fraction of sp³-hybridized carbons (Fsp3) is 0.158. The van der Waals surface area contributed by atoms with Gasteiger partial charge in [-0.1, -0.05) is 18.2 Å². The largest absolute Gasteiger partial charge is 0.361 e. The van der Waals surface area contributed by atoms with Crippen LogP contribution in [0.15, 0.2) is 53.7 Å². The van der Waals surface area contributed by atoms with Crippen LogP contribution in [0, 0.1) is 6.92 Å². The molecule has 1 aromatic carbocycles. The van der Waals surface area contributed by atoms with E-state index in [-0.39, 0.29) is 5.56 Å². The normalized spacial score (nSPS) is 11.7. The van der Waals surface area contributed by atoms with Crippen LogP contribution in [0.4, 0.5) is 0 Å². The summed E-state index contributed by atoms with van der Waals surface area (Å²) >= 11 is 0. The summed E-state index contributed by atoms with van der Waals surface area (Å²) in [4.78, 5) is 24.6. The van der Waals surface area contributed by atoms with Gasteiger partial charge >= 0.3 is 0 Å². The standard InChI is InChI=1S/C19H16N6O/c1-12-22-19-21-11-15-17(25(19)23-12)7-9-24(18(15)26)8-6-13-10-20-16-5-3-2-4-14(13)16/h2-5,7,9-11,20H,6,8H2,1H3. The number of benzene rings is 1. The van der Waals surface area contributed by atoms with Crippen molar-refractivity contribution >= 4 is 27.6 Å². The van der Waals surface area contributed by atoms with Crippen molar-refractivity contribution in [3.63, 3.8) is 0 Å². The van der Waals surface area contributed by atoms with Gasteiger partial charge in [0.05, 0.1) is 10.9 Å². The average molecular weight is 344 g/mol. The van der Waals surface area contributed by atoms with Crippen LogP contribution in [-0.4, -0.2) is 29.1 Å². The Kier molecular flexibility index (Phi) is 3.15. The first-order chi connectivity index (χ1) is 12.7. The zero-order chi connectivity index (χ0) is 17.7. The minimum atomic E-state index is -0.0649. The van der Waals surface area contributed by atoms with Gasteiger partial charge < -0.3 is 9.55 Å². The van der Waals surface area contributed by atoms with Gasteiger partial charge in [-0.05, 0) is 31.0 Å². The lowest BCUT2D eigenvalue weighted by Crippen LogP contribution is -2.21. The third kappa shape index (κ3) is 2.21. The van der Waals surface area contributed by atoms with E-state index in [0.29, 0.717) is 23.5 Å². The number of H-pyrrole nitrogens is 1. The molecular weight excluding hydrogens is 328 g/mol. The van der Waals surface area contributed by atoms with E-state index in [9.17, 15) is 4.79 Å². The van der Waals surface area contributed by atoms with Crippen LogP contribution in [-0.2, 0) is 13.0 Å². The highest BCUT2D eigenvalue weighted by Gasteiger charge is 2.10. The minimum Gasteiger partial charge on any atom is -0.361 e. The zero-order valence-corrected chi connectivity index (χ0v) is 14.2. The quantitative estimate of drug-likeness (QED) is 0.545. The molecule has 0 spiro atoms. The van der Waals surface area contributed by atoms with Gasteiger partial charge in [0.2, 0.25) is 0 Å². The van der Waals surface area contributed by atoms with Crippen LogP contribution in [0.5, 0.6) is 0 Å². The Morgan fingerprint density at radius 1 is 1.15 bits per heavy atom. The molecule has 0 amide bonds. The smallest absolute Gasteiger partial charge is 0.261 e. The molecule has 0 atom stereocenters. The Balaban J connectivity index is 1.54. The molecule has 1 N–H and O–H groups in total. The molecule has 0 saturated carbocycles. The third-order valence-corrected chi connectivity index (χ3v) is 4.71. The summed E-state index contributed by atoms with van der Waals surface area (Å²) in [6.07, 6.45) is 6.19. The molecular formula is C19H16N6O. The van der Waals surface area contributed by atoms with Gasteiger partial charge in [-0.3, -0.25) is 4.79 Å². The van der Waals surface area contributed by atoms with E-state index in [0.717, 1.165) is 17.5 Å². The summed E-state index contributed by atoms with van der Waals surface area (Å²) in [5, 5.41) is 6.07. The van der Waals surface area contributed by atoms with E-state index in [1.54, 1.807) is 15.3 Å².